The highest BCUT2D eigenvalue weighted by atomic mass is 16.5. The maximum atomic E-state index is 11.4. The number of nitrogens with zero attached hydrogens (tertiary/aromatic N) is 1. The highest BCUT2D eigenvalue weighted by molar-refractivity contribution is 5.93. The highest BCUT2D eigenvalue weighted by Crippen LogP contribution is 2.19. The number of rotatable bonds is 3. The van der Waals surface area contributed by atoms with Crippen molar-refractivity contribution in [3.8, 4) is 0 Å². The van der Waals surface area contributed by atoms with Gasteiger partial charge in [-0.3, -0.25) is 4.79 Å². The van der Waals surface area contributed by atoms with Crippen LogP contribution in [-0.2, 0) is 4.74 Å². The third-order valence-electron chi connectivity index (χ3n) is 2.27. The van der Waals surface area contributed by atoms with Gasteiger partial charge in [-0.15, -0.1) is 0 Å². The van der Waals surface area contributed by atoms with Crippen molar-refractivity contribution in [1.82, 2.24) is 4.73 Å². The predicted molar refractivity (Wildman–Crippen MR) is 52.4 cm³/mol. The molecule has 1 aromatic rings. The molecular weight excluding hydrogens is 198 g/mol. The van der Waals surface area contributed by atoms with E-state index in [1.807, 2.05) is 0 Å². The number of esters is 1. The van der Waals surface area contributed by atoms with Gasteiger partial charge in [0.15, 0.2) is 12.0 Å². The van der Waals surface area contributed by atoms with Crippen LogP contribution in [0.25, 0.3) is 0 Å². The predicted octanol–water partition coefficient (Wildman–Crippen LogP) is 1.33. The normalized spacial score (nSPS) is 10.1. The first-order chi connectivity index (χ1) is 7.04. The number of aldehydes is 1. The smallest absolute Gasteiger partial charge is 0.358 e. The Labute approximate surface area is 87.2 Å². The van der Waals surface area contributed by atoms with Crippen LogP contribution >= 0.6 is 0 Å². The van der Waals surface area contributed by atoms with E-state index in [1.54, 1.807) is 20.8 Å². The number of aromatic nitrogens is 1. The van der Waals surface area contributed by atoms with Gasteiger partial charge in [0.25, 0.3) is 0 Å². The van der Waals surface area contributed by atoms with Crippen molar-refractivity contribution in [2.75, 3.05) is 6.61 Å². The Morgan fingerprint density at radius 1 is 1.53 bits per heavy atom. The van der Waals surface area contributed by atoms with Crippen molar-refractivity contribution in [2.45, 2.75) is 20.8 Å². The fourth-order valence-electron chi connectivity index (χ4n) is 1.45. The quantitative estimate of drug-likeness (QED) is 0.465. The van der Waals surface area contributed by atoms with Gasteiger partial charge in [-0.05, 0) is 26.3 Å². The Morgan fingerprint density at radius 2 is 2.13 bits per heavy atom. The summed E-state index contributed by atoms with van der Waals surface area (Å²) in [6.45, 7) is 5.04. The van der Waals surface area contributed by atoms with Crippen LogP contribution in [0.3, 0.4) is 0 Å². The molecule has 15 heavy (non-hydrogen) atoms. The lowest BCUT2D eigenvalue weighted by molar-refractivity contribution is 0.0471. The molecule has 0 aromatic carbocycles. The first-order valence-electron chi connectivity index (χ1n) is 4.58. The molecule has 1 N–H and O–H groups in total. The Kier molecular flexibility index (Phi) is 3.14. The molecule has 0 fully saturated rings. The fraction of sp³-hybridized carbons (Fsp3) is 0.400. The van der Waals surface area contributed by atoms with Gasteiger partial charge in [0.2, 0.25) is 0 Å². The average molecular weight is 211 g/mol. The second-order valence-electron chi connectivity index (χ2n) is 3.12. The zero-order valence-electron chi connectivity index (χ0n) is 8.90. The van der Waals surface area contributed by atoms with Crippen molar-refractivity contribution in [3.63, 3.8) is 0 Å². The van der Waals surface area contributed by atoms with E-state index in [1.165, 1.54) is 0 Å². The number of hydrogen-bond donors (Lipinski definition) is 1. The molecule has 0 amide bonds. The van der Waals surface area contributed by atoms with Crippen LogP contribution in [0.15, 0.2) is 0 Å². The lowest BCUT2D eigenvalue weighted by atomic mass is 10.1. The number of hydrogen-bond acceptors (Lipinski definition) is 4. The van der Waals surface area contributed by atoms with E-state index in [2.05, 4.69) is 0 Å². The minimum Gasteiger partial charge on any atom is -0.461 e. The minimum absolute atomic E-state index is 0.0106. The molecule has 0 radical (unpaired) electrons. The van der Waals surface area contributed by atoms with E-state index < -0.39 is 5.97 Å². The summed E-state index contributed by atoms with van der Waals surface area (Å²) in [4.78, 5) is 22.2. The van der Waals surface area contributed by atoms with E-state index in [9.17, 15) is 14.8 Å². The minimum atomic E-state index is -0.631. The lowest BCUT2D eigenvalue weighted by Gasteiger charge is -2.03. The second-order valence-corrected chi connectivity index (χ2v) is 3.12. The van der Waals surface area contributed by atoms with Crippen LogP contribution in [0.4, 0.5) is 0 Å². The van der Waals surface area contributed by atoms with Crippen molar-refractivity contribution >= 4 is 12.3 Å². The van der Waals surface area contributed by atoms with Gasteiger partial charge in [0.1, 0.15) is 0 Å². The number of ether oxygens (including phenoxy) is 1. The molecule has 1 rings (SSSR count). The van der Waals surface area contributed by atoms with E-state index >= 15 is 0 Å². The molecule has 0 aliphatic heterocycles. The summed E-state index contributed by atoms with van der Waals surface area (Å²) in [5.74, 6) is -0.631. The van der Waals surface area contributed by atoms with Crippen LogP contribution in [0.5, 0.6) is 0 Å². The van der Waals surface area contributed by atoms with Crippen molar-refractivity contribution < 1.29 is 19.5 Å². The fourth-order valence-corrected chi connectivity index (χ4v) is 1.45. The molecule has 5 nitrogen and oxygen atoms in total. The van der Waals surface area contributed by atoms with Gasteiger partial charge in [0, 0.05) is 5.56 Å². The summed E-state index contributed by atoms with van der Waals surface area (Å²) in [6, 6.07) is 0. The lowest BCUT2D eigenvalue weighted by Crippen LogP contribution is -2.12. The summed E-state index contributed by atoms with van der Waals surface area (Å²) < 4.78 is 5.46. The average Bonchev–Trinajstić information content (AvgIpc) is 2.39. The van der Waals surface area contributed by atoms with Gasteiger partial charge in [0.05, 0.1) is 12.3 Å². The third kappa shape index (κ3) is 1.72. The number of carbonyl (C=O) groups is 2. The van der Waals surface area contributed by atoms with Crippen molar-refractivity contribution in [2.24, 2.45) is 0 Å². The molecule has 0 aliphatic rings. The molecule has 0 bridgehead atoms. The van der Waals surface area contributed by atoms with Crippen LogP contribution < -0.4 is 0 Å². The van der Waals surface area contributed by atoms with E-state index in [0.717, 1.165) is 0 Å². The largest absolute Gasteiger partial charge is 0.461 e. The molecule has 0 unspecified atom stereocenters. The van der Waals surface area contributed by atoms with E-state index in [0.29, 0.717) is 27.8 Å². The van der Waals surface area contributed by atoms with Gasteiger partial charge in [-0.2, -0.15) is 4.73 Å². The molecule has 5 heteroatoms. The van der Waals surface area contributed by atoms with Gasteiger partial charge in [-0.1, -0.05) is 0 Å². The summed E-state index contributed by atoms with van der Waals surface area (Å²) in [7, 11) is 0. The van der Waals surface area contributed by atoms with E-state index in [4.69, 9.17) is 4.74 Å². The standard InChI is InChI=1S/C10H13NO4/c1-4-15-10(13)9-6(2)8(5-12)7(3)11(9)14/h5,14H,4H2,1-3H3. The number of carbonyl (C=O) groups excluding carboxylic acids is 2. The van der Waals surface area contributed by atoms with Gasteiger partial charge in [-0.25, -0.2) is 4.79 Å². The van der Waals surface area contributed by atoms with Crippen LogP contribution in [0.1, 0.15) is 39.0 Å². The molecular formula is C10H13NO4. The topological polar surface area (TPSA) is 68.5 Å². The highest BCUT2D eigenvalue weighted by Gasteiger charge is 2.23. The molecule has 0 spiro atoms. The summed E-state index contributed by atoms with van der Waals surface area (Å²) in [6.07, 6.45) is 0.611. The Balaban J connectivity index is 3.30. The van der Waals surface area contributed by atoms with Gasteiger partial charge >= 0.3 is 5.97 Å². The summed E-state index contributed by atoms with van der Waals surface area (Å²) in [5, 5.41) is 9.58. The molecule has 1 heterocycles. The van der Waals surface area contributed by atoms with E-state index in [-0.39, 0.29) is 12.3 Å². The molecule has 0 aliphatic carbocycles. The molecule has 0 saturated carbocycles. The maximum Gasteiger partial charge on any atom is 0.358 e. The Hall–Kier alpha value is -1.78. The van der Waals surface area contributed by atoms with Crippen molar-refractivity contribution in [1.29, 1.82) is 0 Å². The molecule has 82 valence electrons. The zero-order valence-corrected chi connectivity index (χ0v) is 8.90. The SMILES string of the molecule is CCOC(=O)c1c(C)c(C=O)c(C)n1O. The first kappa shape index (κ1) is 11.3. The van der Waals surface area contributed by atoms with Gasteiger partial charge < -0.3 is 9.94 Å². The zero-order chi connectivity index (χ0) is 11.6. The summed E-state index contributed by atoms with van der Waals surface area (Å²) in [5.41, 5.74) is 1.10. The third-order valence-corrected chi connectivity index (χ3v) is 2.27. The molecule has 0 saturated heterocycles. The second kappa shape index (κ2) is 4.16. The molecule has 1 aromatic heterocycles. The van der Waals surface area contributed by atoms with Crippen LogP contribution in [0, 0.1) is 13.8 Å². The maximum absolute atomic E-state index is 11.4. The van der Waals surface area contributed by atoms with Crippen molar-refractivity contribution in [3.05, 3.63) is 22.5 Å². The first-order valence-corrected chi connectivity index (χ1v) is 4.58. The monoisotopic (exact) mass is 211 g/mol. The Bertz CT molecular complexity index is 406. The van der Waals surface area contributed by atoms with Crippen LogP contribution in [-0.4, -0.2) is 28.8 Å². The van der Waals surface area contributed by atoms with Crippen LogP contribution in [0.2, 0.25) is 0 Å². The summed E-state index contributed by atoms with van der Waals surface area (Å²) >= 11 is 0. The molecule has 0 atom stereocenters. The Morgan fingerprint density at radius 3 is 2.53 bits per heavy atom.